The fourth-order valence-electron chi connectivity index (χ4n) is 9.66. The Morgan fingerprint density at radius 3 is 2.43 bits per heavy atom. The van der Waals surface area contributed by atoms with Crippen LogP contribution in [-0.2, 0) is 9.59 Å². The van der Waals surface area contributed by atoms with Gasteiger partial charge in [-0.2, -0.15) is 0 Å². The lowest BCUT2D eigenvalue weighted by atomic mass is 9.47. The highest BCUT2D eigenvalue weighted by molar-refractivity contribution is 5.75. The summed E-state index contributed by atoms with van der Waals surface area (Å²) in [7, 11) is 0. The van der Waals surface area contributed by atoms with Gasteiger partial charge in [-0.15, -0.1) is 0 Å². The second-order valence-corrected chi connectivity index (χ2v) is 14.2. The summed E-state index contributed by atoms with van der Waals surface area (Å²) in [5.74, 6) is 3.05. The molecular formula is C32H53NO4. The van der Waals surface area contributed by atoms with Crippen LogP contribution in [0.25, 0.3) is 0 Å². The van der Waals surface area contributed by atoms with Gasteiger partial charge < -0.3 is 15.5 Å². The van der Waals surface area contributed by atoms with Gasteiger partial charge in [-0.1, -0.05) is 65.5 Å². The van der Waals surface area contributed by atoms with E-state index in [0.717, 1.165) is 54.8 Å². The van der Waals surface area contributed by atoms with E-state index in [2.05, 4.69) is 46.0 Å². The molecule has 5 heteroatoms. The Balaban J connectivity index is 1.42. The van der Waals surface area contributed by atoms with E-state index in [-0.39, 0.29) is 24.3 Å². The van der Waals surface area contributed by atoms with Crippen molar-refractivity contribution >= 4 is 11.9 Å². The van der Waals surface area contributed by atoms with Gasteiger partial charge in [-0.05, 0) is 104 Å². The molecule has 4 rings (SSSR count). The number of carboxylic acids is 2. The summed E-state index contributed by atoms with van der Waals surface area (Å²) >= 11 is 0. The molecule has 9 atom stereocenters. The van der Waals surface area contributed by atoms with E-state index in [0.29, 0.717) is 5.41 Å². The predicted octanol–water partition coefficient (Wildman–Crippen LogP) is 7.30. The molecule has 0 aromatic rings. The maximum atomic E-state index is 11.7. The smallest absolute Gasteiger partial charge is 0.320 e. The SMILES string of the molecule is CC(C)CCC[C@@H](C)[C@H]1CC[C@H]2[C@@H]3CC=C4C[C@@H](N[C@@H](CCC(=O)O)C(=O)O)CC[C@]4(C)[C@H]3CC[C@]12C. The molecular weight excluding hydrogens is 462 g/mol. The summed E-state index contributed by atoms with van der Waals surface area (Å²) < 4.78 is 0. The Hall–Kier alpha value is -1.36. The fourth-order valence-corrected chi connectivity index (χ4v) is 9.66. The number of hydrogen-bond donors (Lipinski definition) is 3. The highest BCUT2D eigenvalue weighted by Gasteiger charge is 2.59. The van der Waals surface area contributed by atoms with Crippen LogP contribution in [0, 0.1) is 46.3 Å². The Kier molecular flexibility index (Phi) is 8.83. The zero-order chi connectivity index (χ0) is 27.0. The standard InChI is InChI=1S/C32H53NO4/c1-20(2)7-6-8-21(3)25-11-12-26-24-10-9-22-19-23(33-28(30(36)37)13-14-29(34)35)15-17-31(22,4)27(24)16-18-32(25,26)5/h9,20-21,23-28,33H,6-8,10-19H2,1-5H3,(H,34,35)(H,36,37)/t21-,23+,24+,25-,26+,27+,28+,31+,32-/m1/s1. The van der Waals surface area contributed by atoms with Crippen LogP contribution in [0.15, 0.2) is 11.6 Å². The topological polar surface area (TPSA) is 86.6 Å². The van der Waals surface area contributed by atoms with Crippen LogP contribution in [0.5, 0.6) is 0 Å². The van der Waals surface area contributed by atoms with Crippen molar-refractivity contribution in [1.29, 1.82) is 0 Å². The molecule has 0 unspecified atom stereocenters. The molecule has 0 heterocycles. The maximum Gasteiger partial charge on any atom is 0.320 e. The number of fused-ring (bicyclic) bond motifs is 5. The second-order valence-electron chi connectivity index (χ2n) is 14.2. The summed E-state index contributed by atoms with van der Waals surface area (Å²) in [6.07, 6.45) is 16.4. The monoisotopic (exact) mass is 515 g/mol. The first-order valence-corrected chi connectivity index (χ1v) is 15.4. The molecule has 0 aliphatic heterocycles. The Bertz CT molecular complexity index is 867. The van der Waals surface area contributed by atoms with Crippen LogP contribution < -0.4 is 5.32 Å². The van der Waals surface area contributed by atoms with Crippen LogP contribution >= 0.6 is 0 Å². The van der Waals surface area contributed by atoms with Crippen molar-refractivity contribution in [3.05, 3.63) is 11.6 Å². The zero-order valence-electron chi connectivity index (χ0n) is 24.1. The third-order valence-electron chi connectivity index (χ3n) is 11.7. The molecule has 0 aromatic heterocycles. The molecule has 210 valence electrons. The van der Waals surface area contributed by atoms with Gasteiger partial charge in [0.25, 0.3) is 0 Å². The highest BCUT2D eigenvalue weighted by atomic mass is 16.4. The van der Waals surface area contributed by atoms with Crippen molar-refractivity contribution in [1.82, 2.24) is 5.32 Å². The number of allylic oxidation sites excluding steroid dienone is 1. The molecule has 0 aromatic carbocycles. The van der Waals surface area contributed by atoms with Gasteiger partial charge in [0, 0.05) is 12.5 Å². The zero-order valence-corrected chi connectivity index (χ0v) is 24.1. The molecule has 37 heavy (non-hydrogen) atoms. The van der Waals surface area contributed by atoms with E-state index < -0.39 is 18.0 Å². The largest absolute Gasteiger partial charge is 0.481 e. The third kappa shape index (κ3) is 5.82. The minimum atomic E-state index is -0.937. The number of aliphatic carboxylic acids is 2. The summed E-state index contributed by atoms with van der Waals surface area (Å²) in [5.41, 5.74) is 2.28. The quantitative estimate of drug-likeness (QED) is 0.251. The first kappa shape index (κ1) is 28.6. The molecule has 4 aliphatic carbocycles. The van der Waals surface area contributed by atoms with Crippen molar-refractivity contribution < 1.29 is 19.8 Å². The molecule has 0 radical (unpaired) electrons. The number of nitrogens with one attached hydrogen (secondary N) is 1. The van der Waals surface area contributed by atoms with Crippen molar-refractivity contribution in [2.75, 3.05) is 0 Å². The van der Waals surface area contributed by atoms with E-state index in [1.165, 1.54) is 51.4 Å². The average molecular weight is 516 g/mol. The van der Waals surface area contributed by atoms with Gasteiger partial charge in [0.15, 0.2) is 0 Å². The molecule has 5 nitrogen and oxygen atoms in total. The summed E-state index contributed by atoms with van der Waals surface area (Å²) in [5, 5.41) is 21.9. The van der Waals surface area contributed by atoms with E-state index in [9.17, 15) is 14.7 Å². The molecule has 0 amide bonds. The third-order valence-corrected chi connectivity index (χ3v) is 11.7. The average Bonchev–Trinajstić information content (AvgIpc) is 3.18. The van der Waals surface area contributed by atoms with Crippen molar-refractivity contribution in [2.24, 2.45) is 46.3 Å². The van der Waals surface area contributed by atoms with Crippen LogP contribution in [0.4, 0.5) is 0 Å². The highest BCUT2D eigenvalue weighted by Crippen LogP contribution is 2.67. The Morgan fingerprint density at radius 2 is 1.76 bits per heavy atom. The predicted molar refractivity (Wildman–Crippen MR) is 148 cm³/mol. The van der Waals surface area contributed by atoms with Gasteiger partial charge >= 0.3 is 11.9 Å². The van der Waals surface area contributed by atoms with Crippen LogP contribution in [0.1, 0.15) is 118 Å². The number of carbonyl (C=O) groups is 2. The van der Waals surface area contributed by atoms with Crippen molar-refractivity contribution in [3.8, 4) is 0 Å². The van der Waals surface area contributed by atoms with E-state index in [4.69, 9.17) is 5.11 Å². The van der Waals surface area contributed by atoms with Gasteiger partial charge in [-0.3, -0.25) is 9.59 Å². The van der Waals surface area contributed by atoms with E-state index >= 15 is 0 Å². The van der Waals surface area contributed by atoms with Crippen molar-refractivity contribution in [3.63, 3.8) is 0 Å². The summed E-state index contributed by atoms with van der Waals surface area (Å²) in [4.78, 5) is 22.7. The van der Waals surface area contributed by atoms with Gasteiger partial charge in [0.1, 0.15) is 6.04 Å². The van der Waals surface area contributed by atoms with E-state index in [1.54, 1.807) is 5.57 Å². The molecule has 3 fully saturated rings. The van der Waals surface area contributed by atoms with E-state index in [1.807, 2.05) is 0 Å². The number of carboxylic acid groups (broad SMARTS) is 2. The van der Waals surface area contributed by atoms with Gasteiger partial charge in [0.05, 0.1) is 0 Å². The summed E-state index contributed by atoms with van der Waals surface area (Å²) in [6, 6.07) is -0.655. The van der Waals surface area contributed by atoms with Crippen LogP contribution in [0.2, 0.25) is 0 Å². The summed E-state index contributed by atoms with van der Waals surface area (Å²) in [6.45, 7) is 12.4. The molecule has 4 aliphatic rings. The Labute approximate surface area is 225 Å². The maximum absolute atomic E-state index is 11.7. The first-order chi connectivity index (χ1) is 17.5. The molecule has 0 spiro atoms. The fraction of sp³-hybridized carbons (Fsp3) is 0.875. The van der Waals surface area contributed by atoms with Gasteiger partial charge in [-0.25, -0.2) is 0 Å². The lowest BCUT2D eigenvalue weighted by molar-refractivity contribution is -0.141. The van der Waals surface area contributed by atoms with Crippen molar-refractivity contribution in [2.45, 2.75) is 130 Å². The molecule has 0 bridgehead atoms. The minimum Gasteiger partial charge on any atom is -0.481 e. The lowest BCUT2D eigenvalue weighted by Crippen LogP contribution is -2.53. The minimum absolute atomic E-state index is 0.113. The second kappa shape index (κ2) is 11.4. The number of rotatable bonds is 11. The van der Waals surface area contributed by atoms with Gasteiger partial charge in [0.2, 0.25) is 0 Å². The lowest BCUT2D eigenvalue weighted by Gasteiger charge is -2.58. The molecule has 3 saturated carbocycles. The first-order valence-electron chi connectivity index (χ1n) is 15.4. The molecule has 3 N–H and O–H groups in total. The van der Waals surface area contributed by atoms with Crippen LogP contribution in [-0.4, -0.2) is 34.2 Å². The normalized spacial score (nSPS) is 38.8. The number of hydrogen-bond acceptors (Lipinski definition) is 3. The van der Waals surface area contributed by atoms with Crippen LogP contribution in [0.3, 0.4) is 0 Å². The Morgan fingerprint density at radius 1 is 1.00 bits per heavy atom. The molecule has 0 saturated heterocycles.